The maximum absolute atomic E-state index is 5.69. The van der Waals surface area contributed by atoms with Gasteiger partial charge in [0.05, 0.1) is 25.4 Å². The van der Waals surface area contributed by atoms with Crippen molar-refractivity contribution in [2.24, 2.45) is 0 Å². The third-order valence-electron chi connectivity index (χ3n) is 2.14. The van der Waals surface area contributed by atoms with Crippen LogP contribution in [0.3, 0.4) is 0 Å². The van der Waals surface area contributed by atoms with Gasteiger partial charge < -0.3 is 14.8 Å². The zero-order chi connectivity index (χ0) is 10.4. The Bertz CT molecular complexity index is 188. The predicted octanol–water partition coefficient (Wildman–Crippen LogP) is 1.35. The van der Waals surface area contributed by atoms with Crippen LogP contribution in [0.1, 0.15) is 20.8 Å². The van der Waals surface area contributed by atoms with Gasteiger partial charge in [-0.2, -0.15) is 0 Å². The Morgan fingerprint density at radius 3 is 2.93 bits per heavy atom. The van der Waals surface area contributed by atoms with E-state index in [2.05, 4.69) is 32.2 Å². The molecular formula is C11H21NO2. The molecule has 0 amide bonds. The first-order valence-corrected chi connectivity index (χ1v) is 5.25. The summed E-state index contributed by atoms with van der Waals surface area (Å²) < 4.78 is 11.2. The summed E-state index contributed by atoms with van der Waals surface area (Å²) in [5.74, 6) is 0. The second kappa shape index (κ2) is 6.17. The van der Waals surface area contributed by atoms with Crippen LogP contribution in [0.4, 0.5) is 0 Å². The first-order chi connectivity index (χ1) is 6.68. The molecule has 1 aliphatic rings. The Balaban J connectivity index is 2.09. The number of ether oxygens (including phenoxy) is 2. The van der Waals surface area contributed by atoms with E-state index in [0.717, 1.165) is 13.1 Å². The van der Waals surface area contributed by atoms with Crippen LogP contribution >= 0.6 is 0 Å². The Hall–Kier alpha value is -0.380. The summed E-state index contributed by atoms with van der Waals surface area (Å²) >= 11 is 0. The van der Waals surface area contributed by atoms with Crippen molar-refractivity contribution >= 4 is 0 Å². The molecule has 82 valence electrons. The summed E-state index contributed by atoms with van der Waals surface area (Å²) in [7, 11) is 0. The van der Waals surface area contributed by atoms with Gasteiger partial charge in [-0.05, 0) is 20.8 Å². The van der Waals surface area contributed by atoms with E-state index in [0.29, 0.717) is 19.3 Å². The SMILES string of the molecule is CC(C)=CCOCC1CNCC(C)O1. The van der Waals surface area contributed by atoms with E-state index in [4.69, 9.17) is 9.47 Å². The molecular weight excluding hydrogens is 178 g/mol. The van der Waals surface area contributed by atoms with Crippen molar-refractivity contribution in [1.29, 1.82) is 0 Å². The van der Waals surface area contributed by atoms with Crippen LogP contribution in [0.25, 0.3) is 0 Å². The molecule has 1 aliphatic heterocycles. The van der Waals surface area contributed by atoms with Gasteiger partial charge in [0.15, 0.2) is 0 Å². The Morgan fingerprint density at radius 2 is 2.29 bits per heavy atom. The quantitative estimate of drug-likeness (QED) is 0.547. The second-order valence-corrected chi connectivity index (χ2v) is 4.05. The molecule has 0 aromatic rings. The summed E-state index contributed by atoms with van der Waals surface area (Å²) in [5.41, 5.74) is 1.29. The zero-order valence-electron chi connectivity index (χ0n) is 9.38. The van der Waals surface area contributed by atoms with Crippen molar-refractivity contribution in [2.45, 2.75) is 33.0 Å². The molecule has 0 spiro atoms. The van der Waals surface area contributed by atoms with Crippen molar-refractivity contribution in [3.63, 3.8) is 0 Å². The molecule has 0 saturated carbocycles. The fourth-order valence-corrected chi connectivity index (χ4v) is 1.40. The van der Waals surface area contributed by atoms with Gasteiger partial charge in [0, 0.05) is 13.1 Å². The highest BCUT2D eigenvalue weighted by molar-refractivity contribution is 4.92. The minimum absolute atomic E-state index is 0.212. The van der Waals surface area contributed by atoms with Crippen LogP contribution in [0.5, 0.6) is 0 Å². The molecule has 2 atom stereocenters. The maximum atomic E-state index is 5.69. The number of nitrogens with one attached hydrogen (secondary N) is 1. The topological polar surface area (TPSA) is 30.5 Å². The minimum atomic E-state index is 0.212. The average molecular weight is 199 g/mol. The monoisotopic (exact) mass is 199 g/mol. The number of allylic oxidation sites excluding steroid dienone is 1. The van der Waals surface area contributed by atoms with Gasteiger partial charge in [-0.25, -0.2) is 0 Å². The molecule has 1 fully saturated rings. The van der Waals surface area contributed by atoms with Crippen LogP contribution < -0.4 is 5.32 Å². The van der Waals surface area contributed by atoms with E-state index in [9.17, 15) is 0 Å². The van der Waals surface area contributed by atoms with E-state index in [1.54, 1.807) is 0 Å². The molecule has 0 aromatic heterocycles. The lowest BCUT2D eigenvalue weighted by atomic mass is 10.2. The van der Waals surface area contributed by atoms with Gasteiger partial charge in [0.25, 0.3) is 0 Å². The largest absolute Gasteiger partial charge is 0.375 e. The highest BCUT2D eigenvalue weighted by Gasteiger charge is 2.18. The van der Waals surface area contributed by atoms with Crippen molar-refractivity contribution in [1.82, 2.24) is 5.32 Å². The Labute approximate surface area is 86.5 Å². The van der Waals surface area contributed by atoms with Gasteiger partial charge >= 0.3 is 0 Å². The van der Waals surface area contributed by atoms with E-state index in [1.165, 1.54) is 5.57 Å². The molecule has 3 heteroatoms. The first kappa shape index (κ1) is 11.7. The maximum Gasteiger partial charge on any atom is 0.0936 e. The van der Waals surface area contributed by atoms with Crippen LogP contribution in [-0.2, 0) is 9.47 Å². The number of morpholine rings is 1. The van der Waals surface area contributed by atoms with E-state index in [-0.39, 0.29) is 6.10 Å². The van der Waals surface area contributed by atoms with E-state index < -0.39 is 0 Å². The molecule has 2 unspecified atom stereocenters. The van der Waals surface area contributed by atoms with E-state index >= 15 is 0 Å². The Kier molecular flexibility index (Phi) is 5.15. The van der Waals surface area contributed by atoms with Crippen LogP contribution in [-0.4, -0.2) is 38.5 Å². The van der Waals surface area contributed by atoms with Crippen LogP contribution in [0, 0.1) is 0 Å². The molecule has 1 rings (SSSR count). The molecule has 0 aliphatic carbocycles. The molecule has 1 heterocycles. The highest BCUT2D eigenvalue weighted by atomic mass is 16.5. The smallest absolute Gasteiger partial charge is 0.0936 e. The van der Waals surface area contributed by atoms with Crippen molar-refractivity contribution in [2.75, 3.05) is 26.3 Å². The molecule has 1 N–H and O–H groups in total. The van der Waals surface area contributed by atoms with Crippen LogP contribution in [0.15, 0.2) is 11.6 Å². The summed E-state index contributed by atoms with van der Waals surface area (Å²) in [6.07, 6.45) is 2.60. The fraction of sp³-hybridized carbons (Fsp3) is 0.818. The van der Waals surface area contributed by atoms with Gasteiger partial charge in [-0.3, -0.25) is 0 Å². The number of hydrogen-bond donors (Lipinski definition) is 1. The lowest BCUT2D eigenvalue weighted by Gasteiger charge is -2.28. The summed E-state index contributed by atoms with van der Waals surface area (Å²) in [6, 6.07) is 0. The number of rotatable bonds is 4. The zero-order valence-corrected chi connectivity index (χ0v) is 9.38. The van der Waals surface area contributed by atoms with E-state index in [1.807, 2.05) is 0 Å². The minimum Gasteiger partial charge on any atom is -0.375 e. The molecule has 0 bridgehead atoms. The lowest BCUT2D eigenvalue weighted by Crippen LogP contribution is -2.45. The molecule has 0 aromatic carbocycles. The lowest BCUT2D eigenvalue weighted by molar-refractivity contribution is -0.0648. The molecule has 3 nitrogen and oxygen atoms in total. The van der Waals surface area contributed by atoms with Gasteiger partial charge in [0.2, 0.25) is 0 Å². The number of hydrogen-bond acceptors (Lipinski definition) is 3. The second-order valence-electron chi connectivity index (χ2n) is 4.05. The predicted molar refractivity (Wildman–Crippen MR) is 57.5 cm³/mol. The van der Waals surface area contributed by atoms with Gasteiger partial charge in [-0.15, -0.1) is 0 Å². The normalized spacial score (nSPS) is 27.4. The summed E-state index contributed by atoms with van der Waals surface area (Å²) in [4.78, 5) is 0. The van der Waals surface area contributed by atoms with Crippen molar-refractivity contribution in [3.05, 3.63) is 11.6 Å². The first-order valence-electron chi connectivity index (χ1n) is 5.25. The fourth-order valence-electron chi connectivity index (χ4n) is 1.40. The molecule has 0 radical (unpaired) electrons. The molecule has 1 saturated heterocycles. The van der Waals surface area contributed by atoms with Crippen LogP contribution in [0.2, 0.25) is 0 Å². The average Bonchev–Trinajstić information content (AvgIpc) is 2.12. The van der Waals surface area contributed by atoms with Gasteiger partial charge in [-0.1, -0.05) is 11.6 Å². The standard InChI is InChI=1S/C11H21NO2/c1-9(2)4-5-13-8-11-7-12-6-10(3)14-11/h4,10-12H,5-8H2,1-3H3. The Morgan fingerprint density at radius 1 is 1.50 bits per heavy atom. The highest BCUT2D eigenvalue weighted by Crippen LogP contribution is 2.03. The van der Waals surface area contributed by atoms with Crippen molar-refractivity contribution < 1.29 is 9.47 Å². The third kappa shape index (κ3) is 4.74. The van der Waals surface area contributed by atoms with Gasteiger partial charge in [0.1, 0.15) is 0 Å². The summed E-state index contributed by atoms with van der Waals surface area (Å²) in [5, 5.41) is 3.31. The summed E-state index contributed by atoms with van der Waals surface area (Å²) in [6.45, 7) is 9.45. The third-order valence-corrected chi connectivity index (χ3v) is 2.14. The molecule has 14 heavy (non-hydrogen) atoms. The van der Waals surface area contributed by atoms with Crippen molar-refractivity contribution in [3.8, 4) is 0 Å².